The maximum atomic E-state index is 2.51. The highest BCUT2D eigenvalue weighted by Crippen LogP contribution is 2.47. The van der Waals surface area contributed by atoms with Crippen LogP contribution >= 0.6 is 0 Å². The van der Waals surface area contributed by atoms with Crippen molar-refractivity contribution in [3.05, 3.63) is 69.8 Å². The van der Waals surface area contributed by atoms with Gasteiger partial charge in [-0.3, -0.25) is 0 Å². The first kappa shape index (κ1) is 14.5. The van der Waals surface area contributed by atoms with E-state index in [1.54, 1.807) is 33.4 Å². The van der Waals surface area contributed by atoms with E-state index >= 15 is 0 Å². The van der Waals surface area contributed by atoms with Crippen molar-refractivity contribution < 1.29 is 0 Å². The Morgan fingerprint density at radius 3 is 1.46 bits per heavy atom. The first-order valence-electron chi connectivity index (χ1n) is 9.84. The van der Waals surface area contributed by atoms with Gasteiger partial charge in [0.1, 0.15) is 0 Å². The molecule has 24 heavy (non-hydrogen) atoms. The molecule has 0 bridgehead atoms. The standard InChI is InChI=1S/C24H26/c1-3-9-19-17(7-1)13-15-23(19)21-11-5-6-12-22(21)24-16-14-18-8-2-4-10-20(18)24/h5-6,11-14H,1-4,7-10,15-16H2. The van der Waals surface area contributed by atoms with E-state index in [9.17, 15) is 0 Å². The Balaban J connectivity index is 1.61. The van der Waals surface area contributed by atoms with Gasteiger partial charge >= 0.3 is 0 Å². The Labute approximate surface area is 145 Å². The number of benzene rings is 1. The maximum absolute atomic E-state index is 2.51. The third-order valence-corrected chi connectivity index (χ3v) is 6.43. The second-order valence-electron chi connectivity index (χ2n) is 7.74. The fourth-order valence-corrected chi connectivity index (χ4v) is 5.25. The molecule has 0 saturated heterocycles. The summed E-state index contributed by atoms with van der Waals surface area (Å²) >= 11 is 0. The smallest absolute Gasteiger partial charge is 0.00825 e. The van der Waals surface area contributed by atoms with Crippen molar-refractivity contribution in [3.8, 4) is 0 Å². The van der Waals surface area contributed by atoms with Crippen LogP contribution in [0.5, 0.6) is 0 Å². The zero-order valence-electron chi connectivity index (χ0n) is 14.5. The Morgan fingerprint density at radius 1 is 0.500 bits per heavy atom. The molecule has 0 heteroatoms. The molecule has 0 aliphatic heterocycles. The SMILES string of the molecule is C1=C2CCCCC2=C(c2ccccc2C2=C3CCCCC3=CC2)C1. The Hall–Kier alpha value is -1.82. The molecule has 0 atom stereocenters. The number of fused-ring (bicyclic) bond motifs is 2. The number of rotatable bonds is 2. The lowest BCUT2D eigenvalue weighted by molar-refractivity contribution is 0.683. The molecule has 0 heterocycles. The van der Waals surface area contributed by atoms with Gasteiger partial charge in [0, 0.05) is 0 Å². The average molecular weight is 314 g/mol. The molecule has 1 aromatic rings. The van der Waals surface area contributed by atoms with E-state index in [1.807, 2.05) is 0 Å². The first-order valence-corrected chi connectivity index (χ1v) is 9.84. The number of allylic oxidation sites excluding steroid dienone is 8. The lowest BCUT2D eigenvalue weighted by atomic mass is 9.83. The van der Waals surface area contributed by atoms with Crippen molar-refractivity contribution in [2.75, 3.05) is 0 Å². The van der Waals surface area contributed by atoms with Gasteiger partial charge in [-0.15, -0.1) is 0 Å². The monoisotopic (exact) mass is 314 g/mol. The van der Waals surface area contributed by atoms with Crippen LogP contribution in [-0.4, -0.2) is 0 Å². The summed E-state index contributed by atoms with van der Waals surface area (Å²) < 4.78 is 0. The summed E-state index contributed by atoms with van der Waals surface area (Å²) in [5, 5.41) is 0. The molecule has 122 valence electrons. The van der Waals surface area contributed by atoms with Gasteiger partial charge in [-0.05, 0) is 109 Å². The Bertz CT molecular complexity index is 741. The third-order valence-electron chi connectivity index (χ3n) is 6.43. The van der Waals surface area contributed by atoms with E-state index in [-0.39, 0.29) is 0 Å². The minimum absolute atomic E-state index is 1.16. The van der Waals surface area contributed by atoms with E-state index < -0.39 is 0 Å². The topological polar surface area (TPSA) is 0 Å². The van der Waals surface area contributed by atoms with Crippen LogP contribution in [0.4, 0.5) is 0 Å². The molecule has 2 fully saturated rings. The van der Waals surface area contributed by atoms with Crippen LogP contribution in [0, 0.1) is 0 Å². The van der Waals surface area contributed by atoms with Crippen molar-refractivity contribution in [1.29, 1.82) is 0 Å². The minimum atomic E-state index is 1.16. The highest BCUT2D eigenvalue weighted by molar-refractivity contribution is 5.88. The summed E-state index contributed by atoms with van der Waals surface area (Å²) in [6.07, 6.45) is 18.1. The maximum Gasteiger partial charge on any atom is -0.00825 e. The van der Waals surface area contributed by atoms with Gasteiger partial charge in [0.05, 0.1) is 0 Å². The largest absolute Gasteiger partial charge is 0.0766 e. The fourth-order valence-electron chi connectivity index (χ4n) is 5.25. The Morgan fingerprint density at radius 2 is 0.958 bits per heavy atom. The molecule has 0 aromatic heterocycles. The summed E-state index contributed by atoms with van der Waals surface area (Å²) in [4.78, 5) is 0. The van der Waals surface area contributed by atoms with Gasteiger partial charge in [0.25, 0.3) is 0 Å². The van der Waals surface area contributed by atoms with Crippen LogP contribution in [0.1, 0.15) is 75.3 Å². The third kappa shape index (κ3) is 2.27. The molecule has 0 amide bonds. The van der Waals surface area contributed by atoms with Crippen LogP contribution in [0.2, 0.25) is 0 Å². The zero-order chi connectivity index (χ0) is 15.9. The molecule has 4 aliphatic carbocycles. The van der Waals surface area contributed by atoms with Crippen LogP contribution < -0.4 is 0 Å². The van der Waals surface area contributed by atoms with E-state index in [2.05, 4.69) is 36.4 Å². The molecule has 2 saturated carbocycles. The van der Waals surface area contributed by atoms with E-state index in [0.29, 0.717) is 0 Å². The van der Waals surface area contributed by atoms with Crippen LogP contribution in [-0.2, 0) is 0 Å². The molecular weight excluding hydrogens is 288 g/mol. The van der Waals surface area contributed by atoms with Crippen molar-refractivity contribution in [3.63, 3.8) is 0 Å². The summed E-state index contributed by atoms with van der Waals surface area (Å²) in [6.45, 7) is 0. The van der Waals surface area contributed by atoms with Crippen LogP contribution in [0.15, 0.2) is 58.7 Å². The van der Waals surface area contributed by atoms with E-state index in [4.69, 9.17) is 0 Å². The van der Waals surface area contributed by atoms with Crippen molar-refractivity contribution >= 4 is 11.1 Å². The van der Waals surface area contributed by atoms with Crippen molar-refractivity contribution in [2.45, 2.75) is 64.2 Å². The lowest BCUT2D eigenvalue weighted by Gasteiger charge is -2.21. The van der Waals surface area contributed by atoms with Gasteiger partial charge in [0.15, 0.2) is 0 Å². The fraction of sp³-hybridized carbons (Fsp3) is 0.417. The van der Waals surface area contributed by atoms with Crippen molar-refractivity contribution in [1.82, 2.24) is 0 Å². The lowest BCUT2D eigenvalue weighted by Crippen LogP contribution is -2.01. The van der Waals surface area contributed by atoms with Gasteiger partial charge < -0.3 is 0 Å². The highest BCUT2D eigenvalue weighted by Gasteiger charge is 2.26. The van der Waals surface area contributed by atoms with Gasteiger partial charge in [0.2, 0.25) is 0 Å². The summed E-state index contributed by atoms with van der Waals surface area (Å²) in [6, 6.07) is 9.25. The van der Waals surface area contributed by atoms with E-state index in [0.717, 1.165) is 12.8 Å². The number of hydrogen-bond acceptors (Lipinski definition) is 0. The second-order valence-corrected chi connectivity index (χ2v) is 7.74. The van der Waals surface area contributed by atoms with Crippen molar-refractivity contribution in [2.24, 2.45) is 0 Å². The summed E-state index contributed by atoms with van der Waals surface area (Å²) in [5.74, 6) is 0. The molecule has 0 nitrogen and oxygen atoms in total. The summed E-state index contributed by atoms with van der Waals surface area (Å²) in [5.41, 5.74) is 13.0. The predicted molar refractivity (Wildman–Crippen MR) is 103 cm³/mol. The molecule has 0 radical (unpaired) electrons. The van der Waals surface area contributed by atoms with E-state index in [1.165, 1.54) is 62.5 Å². The highest BCUT2D eigenvalue weighted by atomic mass is 14.3. The normalized spacial score (nSPS) is 23.2. The molecule has 0 N–H and O–H groups in total. The second kappa shape index (κ2) is 5.92. The average Bonchev–Trinajstić information content (AvgIpc) is 3.26. The molecule has 1 aromatic carbocycles. The molecule has 4 aliphatic rings. The molecule has 0 unspecified atom stereocenters. The quantitative estimate of drug-likeness (QED) is 0.551. The first-order chi connectivity index (χ1) is 11.9. The minimum Gasteiger partial charge on any atom is -0.0766 e. The van der Waals surface area contributed by atoms with Gasteiger partial charge in [-0.1, -0.05) is 36.4 Å². The predicted octanol–water partition coefficient (Wildman–Crippen LogP) is 7.00. The molecule has 5 rings (SSSR count). The van der Waals surface area contributed by atoms with Gasteiger partial charge in [-0.2, -0.15) is 0 Å². The van der Waals surface area contributed by atoms with Crippen LogP contribution in [0.25, 0.3) is 11.1 Å². The van der Waals surface area contributed by atoms with Gasteiger partial charge in [-0.25, -0.2) is 0 Å². The molecular formula is C24H26. The molecule has 0 spiro atoms. The zero-order valence-corrected chi connectivity index (χ0v) is 14.5. The van der Waals surface area contributed by atoms with Crippen LogP contribution in [0.3, 0.4) is 0 Å². The Kier molecular flexibility index (Phi) is 3.58. The number of hydrogen-bond donors (Lipinski definition) is 0. The summed E-state index contributed by atoms with van der Waals surface area (Å²) in [7, 11) is 0.